The molecule has 8 heteroatoms. The number of benzene rings is 3. The summed E-state index contributed by atoms with van der Waals surface area (Å²) in [6, 6.07) is 21.3. The highest BCUT2D eigenvalue weighted by Crippen LogP contribution is 2.23. The van der Waals surface area contributed by atoms with E-state index in [0.29, 0.717) is 26.2 Å². The van der Waals surface area contributed by atoms with E-state index >= 15 is 0 Å². The summed E-state index contributed by atoms with van der Waals surface area (Å²) >= 11 is 0. The summed E-state index contributed by atoms with van der Waals surface area (Å²) in [5, 5.41) is 12.1. The number of hydrogen-bond acceptors (Lipinski definition) is 5. The highest BCUT2D eigenvalue weighted by atomic mass is 19.1. The van der Waals surface area contributed by atoms with Gasteiger partial charge in [-0.3, -0.25) is 20.2 Å². The van der Waals surface area contributed by atoms with Crippen LogP contribution in [0.2, 0.25) is 0 Å². The molecule has 0 saturated carbocycles. The maximum Gasteiger partial charge on any atom is 0.245 e. The minimum absolute atomic E-state index is 0.0879. The van der Waals surface area contributed by atoms with Crippen molar-refractivity contribution in [1.29, 1.82) is 0 Å². The number of carbonyl (C=O) groups excluding carboxylic acids is 2. The fraction of sp³-hybridized carbons (Fsp3) is 0.200. The molecule has 2 aliphatic rings. The number of carbonyl (C=O) groups is 2. The van der Waals surface area contributed by atoms with Crippen molar-refractivity contribution in [1.82, 2.24) is 10.6 Å². The Bertz CT molecular complexity index is 1240. The van der Waals surface area contributed by atoms with Gasteiger partial charge in [0.05, 0.1) is 0 Å². The summed E-state index contributed by atoms with van der Waals surface area (Å²) in [7, 11) is 0. The number of amides is 2. The van der Waals surface area contributed by atoms with Gasteiger partial charge in [0.25, 0.3) is 0 Å². The van der Waals surface area contributed by atoms with Crippen LogP contribution in [0.3, 0.4) is 0 Å². The molecule has 38 heavy (non-hydrogen) atoms. The minimum atomic E-state index is -0.306. The second-order valence-corrected chi connectivity index (χ2v) is 9.33. The van der Waals surface area contributed by atoms with Crippen LogP contribution in [0, 0.1) is 5.82 Å². The Morgan fingerprint density at radius 1 is 0.711 bits per heavy atom. The number of rotatable bonds is 9. The largest absolute Gasteiger partial charge is 0.363 e. The summed E-state index contributed by atoms with van der Waals surface area (Å²) in [5.41, 5.74) is 4.45. The molecule has 0 bridgehead atoms. The van der Waals surface area contributed by atoms with Crippen LogP contribution in [-0.2, 0) is 22.7 Å². The Hall–Kier alpha value is -4.27. The van der Waals surface area contributed by atoms with Gasteiger partial charge in [-0.25, -0.2) is 4.39 Å². The normalized spacial score (nSPS) is 17.9. The third-order valence-corrected chi connectivity index (χ3v) is 6.51. The first-order valence-corrected chi connectivity index (χ1v) is 12.6. The smallest absolute Gasteiger partial charge is 0.245 e. The molecule has 1 unspecified atom stereocenters. The molecular weight excluding hydrogens is 481 g/mol. The molecule has 5 rings (SSSR count). The van der Waals surface area contributed by atoms with Gasteiger partial charge in [-0.2, -0.15) is 0 Å². The van der Waals surface area contributed by atoms with Crippen molar-refractivity contribution in [2.24, 2.45) is 0 Å². The van der Waals surface area contributed by atoms with Crippen LogP contribution >= 0.6 is 0 Å². The molecule has 0 fully saturated rings. The zero-order valence-electron chi connectivity index (χ0n) is 20.9. The van der Waals surface area contributed by atoms with Crippen LogP contribution in [0.25, 0.3) is 0 Å². The van der Waals surface area contributed by atoms with Crippen molar-refractivity contribution < 1.29 is 14.0 Å². The number of anilines is 3. The number of halogens is 1. The van der Waals surface area contributed by atoms with E-state index in [9.17, 15) is 14.0 Å². The highest BCUT2D eigenvalue weighted by molar-refractivity contribution is 5.97. The molecular formula is C30H30FN5O2. The molecule has 0 saturated heterocycles. The van der Waals surface area contributed by atoms with Gasteiger partial charge < -0.3 is 15.5 Å². The average Bonchev–Trinajstić information content (AvgIpc) is 3.66. The third kappa shape index (κ3) is 6.53. The van der Waals surface area contributed by atoms with E-state index in [1.807, 2.05) is 72.8 Å². The lowest BCUT2D eigenvalue weighted by Crippen LogP contribution is -2.35. The van der Waals surface area contributed by atoms with Crippen LogP contribution in [0.1, 0.15) is 11.1 Å². The van der Waals surface area contributed by atoms with E-state index in [-0.39, 0.29) is 29.7 Å². The molecule has 2 heterocycles. The molecule has 194 valence electrons. The van der Waals surface area contributed by atoms with E-state index in [0.717, 1.165) is 28.2 Å². The number of nitrogens with zero attached hydrogens (tertiary/aromatic N) is 1. The molecule has 0 aromatic heterocycles. The lowest BCUT2D eigenvalue weighted by molar-refractivity contribution is -0.117. The van der Waals surface area contributed by atoms with Crippen molar-refractivity contribution in [3.63, 3.8) is 0 Å². The van der Waals surface area contributed by atoms with Crippen molar-refractivity contribution in [2.75, 3.05) is 28.6 Å². The van der Waals surface area contributed by atoms with Crippen LogP contribution in [0.15, 0.2) is 97.1 Å². The fourth-order valence-corrected chi connectivity index (χ4v) is 4.45. The topological polar surface area (TPSA) is 85.5 Å². The summed E-state index contributed by atoms with van der Waals surface area (Å²) in [5.74, 6) is -0.461. The second kappa shape index (κ2) is 11.9. The number of hydrogen-bond donors (Lipinski definition) is 4. The first-order chi connectivity index (χ1) is 18.5. The van der Waals surface area contributed by atoms with Crippen molar-refractivity contribution in [3.05, 3.63) is 114 Å². The first kappa shape index (κ1) is 25.4. The molecule has 4 N–H and O–H groups in total. The molecule has 0 aliphatic carbocycles. The fourth-order valence-electron chi connectivity index (χ4n) is 4.45. The molecule has 2 amide bonds. The summed E-state index contributed by atoms with van der Waals surface area (Å²) in [4.78, 5) is 26.9. The van der Waals surface area contributed by atoms with Gasteiger partial charge in [0.2, 0.25) is 11.8 Å². The first-order valence-electron chi connectivity index (χ1n) is 12.6. The van der Waals surface area contributed by atoms with Gasteiger partial charge in [-0.1, -0.05) is 48.6 Å². The standard InChI is InChI=1S/C30H30FN5O2/c31-23-9-15-26(16-10-23)36(19-21-5-11-24(12-6-21)34-29(37)27-3-1-17-32-27)20-22-7-13-25(14-8-22)35-30(38)28-4-2-18-33-28/h1-16,27-28,32-33H,17-20H2,(H,34,37)(H,35,38)/t27-,28?/m0/s1. The predicted octanol–water partition coefficient (Wildman–Crippen LogP) is 3.97. The van der Waals surface area contributed by atoms with Gasteiger partial charge in [0.15, 0.2) is 0 Å². The van der Waals surface area contributed by atoms with Gasteiger partial charge in [-0.05, 0) is 59.7 Å². The lowest BCUT2D eigenvalue weighted by Gasteiger charge is -2.25. The summed E-state index contributed by atoms with van der Waals surface area (Å²) in [6.07, 6.45) is 7.59. The Morgan fingerprint density at radius 3 is 1.55 bits per heavy atom. The molecule has 7 nitrogen and oxygen atoms in total. The lowest BCUT2D eigenvalue weighted by atomic mass is 10.1. The zero-order valence-corrected chi connectivity index (χ0v) is 20.9. The van der Waals surface area contributed by atoms with Gasteiger partial charge in [-0.15, -0.1) is 0 Å². The highest BCUT2D eigenvalue weighted by Gasteiger charge is 2.18. The number of nitrogens with one attached hydrogen (secondary N) is 4. The Labute approximate surface area is 221 Å². The second-order valence-electron chi connectivity index (χ2n) is 9.33. The van der Waals surface area contributed by atoms with Gasteiger partial charge >= 0.3 is 0 Å². The van der Waals surface area contributed by atoms with Crippen LogP contribution in [0.5, 0.6) is 0 Å². The Balaban J connectivity index is 1.25. The van der Waals surface area contributed by atoms with Crippen molar-refractivity contribution >= 4 is 28.9 Å². The van der Waals surface area contributed by atoms with Crippen LogP contribution < -0.4 is 26.2 Å². The Kier molecular flexibility index (Phi) is 7.92. The zero-order chi connectivity index (χ0) is 26.3. The monoisotopic (exact) mass is 511 g/mol. The maximum atomic E-state index is 13.6. The molecule has 2 aliphatic heterocycles. The summed E-state index contributed by atoms with van der Waals surface area (Å²) in [6.45, 7) is 2.57. The SMILES string of the molecule is O=C(Nc1ccc(CN(Cc2ccc(NC(=O)[C@@H]3C=CCN3)cc2)c2ccc(F)cc2)cc1)C1C=CCN1. The van der Waals surface area contributed by atoms with E-state index < -0.39 is 0 Å². The van der Waals surface area contributed by atoms with Gasteiger partial charge in [0.1, 0.15) is 17.9 Å². The van der Waals surface area contributed by atoms with E-state index in [1.165, 1.54) is 12.1 Å². The maximum absolute atomic E-state index is 13.6. The molecule has 0 spiro atoms. The van der Waals surface area contributed by atoms with E-state index in [4.69, 9.17) is 0 Å². The predicted molar refractivity (Wildman–Crippen MR) is 148 cm³/mol. The Morgan fingerprint density at radius 2 is 1.16 bits per heavy atom. The van der Waals surface area contributed by atoms with Crippen molar-refractivity contribution in [2.45, 2.75) is 25.2 Å². The molecule has 3 aromatic carbocycles. The quantitative estimate of drug-likeness (QED) is 0.327. The van der Waals surface area contributed by atoms with E-state index in [1.54, 1.807) is 12.1 Å². The average molecular weight is 512 g/mol. The molecule has 0 radical (unpaired) electrons. The molecule has 3 aromatic rings. The van der Waals surface area contributed by atoms with Crippen LogP contribution in [0.4, 0.5) is 21.5 Å². The van der Waals surface area contributed by atoms with Crippen molar-refractivity contribution in [3.8, 4) is 0 Å². The molecule has 2 atom stereocenters. The third-order valence-electron chi connectivity index (χ3n) is 6.51. The summed E-state index contributed by atoms with van der Waals surface area (Å²) < 4.78 is 13.6. The van der Waals surface area contributed by atoms with Gasteiger partial charge in [0, 0.05) is 43.2 Å². The van der Waals surface area contributed by atoms with E-state index in [2.05, 4.69) is 26.2 Å². The minimum Gasteiger partial charge on any atom is -0.363 e. The van der Waals surface area contributed by atoms with Crippen LogP contribution in [-0.4, -0.2) is 37.0 Å².